The van der Waals surface area contributed by atoms with Gasteiger partial charge in [-0.25, -0.2) is 0 Å². The van der Waals surface area contributed by atoms with Crippen LogP contribution < -0.4 is 0 Å². The molecule has 2 nitrogen and oxygen atoms in total. The van der Waals surface area contributed by atoms with Gasteiger partial charge in [0.25, 0.3) is 0 Å². The summed E-state index contributed by atoms with van der Waals surface area (Å²) in [5.74, 6) is 0. The maximum Gasteiger partial charge on any atom is 0.192 e. The molecule has 0 N–H and O–H groups in total. The zero-order valence-corrected chi connectivity index (χ0v) is 14.5. The fourth-order valence-corrected chi connectivity index (χ4v) is 2.37. The second-order valence-corrected chi connectivity index (χ2v) is 11.4. The summed E-state index contributed by atoms with van der Waals surface area (Å²) in [5.41, 5.74) is 1.21. The molecule has 0 fully saturated rings. The maximum atomic E-state index is 6.06. The molecule has 0 atom stereocenters. The SMILES string of the molecule is CC(C)(C)[Si](C)(C)OC/C=C\COCc1ccccc1. The lowest BCUT2D eigenvalue weighted by Gasteiger charge is -2.35. The van der Waals surface area contributed by atoms with Gasteiger partial charge >= 0.3 is 0 Å². The van der Waals surface area contributed by atoms with E-state index in [9.17, 15) is 0 Å². The van der Waals surface area contributed by atoms with Crippen molar-refractivity contribution in [3.8, 4) is 0 Å². The van der Waals surface area contributed by atoms with E-state index in [1.165, 1.54) is 5.56 Å². The highest BCUT2D eigenvalue weighted by molar-refractivity contribution is 6.74. The summed E-state index contributed by atoms with van der Waals surface area (Å²) in [6, 6.07) is 10.2. The average Bonchev–Trinajstić information content (AvgIpc) is 2.37. The molecule has 0 aliphatic carbocycles. The summed E-state index contributed by atoms with van der Waals surface area (Å²) in [6.07, 6.45) is 4.10. The first-order valence-electron chi connectivity index (χ1n) is 7.23. The van der Waals surface area contributed by atoms with Crippen LogP contribution in [-0.4, -0.2) is 21.5 Å². The van der Waals surface area contributed by atoms with Crippen molar-refractivity contribution in [3.63, 3.8) is 0 Å². The Hall–Kier alpha value is -0.903. The highest BCUT2D eigenvalue weighted by Crippen LogP contribution is 2.36. The van der Waals surface area contributed by atoms with Gasteiger partial charge in [-0.2, -0.15) is 0 Å². The molecule has 0 unspecified atom stereocenters. The number of benzene rings is 1. The van der Waals surface area contributed by atoms with Crippen LogP contribution in [0.1, 0.15) is 26.3 Å². The number of hydrogen-bond donors (Lipinski definition) is 0. The summed E-state index contributed by atoms with van der Waals surface area (Å²) in [5, 5.41) is 0.269. The minimum absolute atomic E-state index is 0.269. The van der Waals surface area contributed by atoms with E-state index in [1.807, 2.05) is 24.3 Å². The Bertz CT molecular complexity index is 405. The Balaban J connectivity index is 2.17. The number of ether oxygens (including phenoxy) is 1. The van der Waals surface area contributed by atoms with Gasteiger partial charge in [0, 0.05) is 0 Å². The summed E-state index contributed by atoms with van der Waals surface area (Å²) in [6.45, 7) is 13.3. The molecule has 0 radical (unpaired) electrons. The Kier molecular flexibility index (Phi) is 6.66. The third-order valence-electron chi connectivity index (χ3n) is 3.84. The van der Waals surface area contributed by atoms with E-state index in [2.05, 4.69) is 52.1 Å². The molecule has 20 heavy (non-hydrogen) atoms. The first kappa shape index (κ1) is 17.1. The Labute approximate surface area is 124 Å². The van der Waals surface area contributed by atoms with Crippen molar-refractivity contribution in [2.24, 2.45) is 0 Å². The van der Waals surface area contributed by atoms with E-state index >= 15 is 0 Å². The van der Waals surface area contributed by atoms with Crippen LogP contribution in [-0.2, 0) is 15.8 Å². The highest BCUT2D eigenvalue weighted by Gasteiger charge is 2.36. The average molecular weight is 292 g/mol. The molecule has 0 spiro atoms. The van der Waals surface area contributed by atoms with Gasteiger partial charge in [0.05, 0.1) is 19.8 Å². The van der Waals surface area contributed by atoms with Crippen LogP contribution in [0.2, 0.25) is 18.1 Å². The lowest BCUT2D eigenvalue weighted by molar-refractivity contribution is 0.148. The highest BCUT2D eigenvalue weighted by atomic mass is 28.4. The molecule has 1 aromatic carbocycles. The van der Waals surface area contributed by atoms with Crippen LogP contribution in [0.25, 0.3) is 0 Å². The summed E-state index contributed by atoms with van der Waals surface area (Å²) < 4.78 is 11.6. The minimum atomic E-state index is -1.62. The largest absolute Gasteiger partial charge is 0.413 e. The van der Waals surface area contributed by atoms with E-state index in [0.717, 1.165) is 0 Å². The molecule has 0 amide bonds. The molecular formula is C17H28O2Si. The quantitative estimate of drug-likeness (QED) is 0.409. The van der Waals surface area contributed by atoms with Gasteiger partial charge in [-0.1, -0.05) is 63.3 Å². The molecular weight excluding hydrogens is 264 g/mol. The molecule has 0 saturated heterocycles. The zero-order chi connectivity index (χ0) is 15.1. The lowest BCUT2D eigenvalue weighted by atomic mass is 10.2. The zero-order valence-electron chi connectivity index (χ0n) is 13.5. The van der Waals surface area contributed by atoms with Gasteiger partial charge in [-0.3, -0.25) is 0 Å². The van der Waals surface area contributed by atoms with Crippen molar-refractivity contribution in [1.29, 1.82) is 0 Å². The fraction of sp³-hybridized carbons (Fsp3) is 0.529. The first-order valence-corrected chi connectivity index (χ1v) is 10.1. The van der Waals surface area contributed by atoms with Crippen LogP contribution in [0.4, 0.5) is 0 Å². The minimum Gasteiger partial charge on any atom is -0.413 e. The molecule has 1 rings (SSSR count). The normalized spacial score (nSPS) is 13.1. The van der Waals surface area contributed by atoms with E-state index < -0.39 is 8.32 Å². The summed E-state index contributed by atoms with van der Waals surface area (Å²) in [4.78, 5) is 0. The maximum absolute atomic E-state index is 6.06. The van der Waals surface area contributed by atoms with Crippen molar-refractivity contribution >= 4 is 8.32 Å². The predicted molar refractivity (Wildman–Crippen MR) is 88.4 cm³/mol. The van der Waals surface area contributed by atoms with Gasteiger partial charge in [0.2, 0.25) is 0 Å². The molecule has 0 bridgehead atoms. The van der Waals surface area contributed by atoms with Gasteiger partial charge < -0.3 is 9.16 Å². The van der Waals surface area contributed by atoms with Crippen LogP contribution in [0.5, 0.6) is 0 Å². The second-order valence-electron chi connectivity index (χ2n) is 6.54. The van der Waals surface area contributed by atoms with Gasteiger partial charge in [-0.05, 0) is 23.7 Å². The lowest BCUT2D eigenvalue weighted by Crippen LogP contribution is -2.40. The molecule has 0 aromatic heterocycles. The van der Waals surface area contributed by atoms with Crippen molar-refractivity contribution in [1.82, 2.24) is 0 Å². The fourth-order valence-electron chi connectivity index (χ4n) is 1.43. The van der Waals surface area contributed by atoms with Crippen LogP contribution in [0.15, 0.2) is 42.5 Å². The second kappa shape index (κ2) is 7.77. The molecule has 0 aliphatic rings. The molecule has 0 heterocycles. The third-order valence-corrected chi connectivity index (χ3v) is 8.34. The Morgan fingerprint density at radius 3 is 2.20 bits per heavy atom. The van der Waals surface area contributed by atoms with E-state index in [4.69, 9.17) is 9.16 Å². The summed E-state index contributed by atoms with van der Waals surface area (Å²) in [7, 11) is -1.62. The third kappa shape index (κ3) is 6.03. The topological polar surface area (TPSA) is 18.5 Å². The van der Waals surface area contributed by atoms with E-state index in [-0.39, 0.29) is 5.04 Å². The van der Waals surface area contributed by atoms with Crippen LogP contribution >= 0.6 is 0 Å². The number of rotatable bonds is 7. The van der Waals surface area contributed by atoms with Gasteiger partial charge in [-0.15, -0.1) is 0 Å². The summed E-state index contributed by atoms with van der Waals surface area (Å²) >= 11 is 0. The molecule has 3 heteroatoms. The van der Waals surface area contributed by atoms with Gasteiger partial charge in [0.15, 0.2) is 8.32 Å². The van der Waals surface area contributed by atoms with Crippen LogP contribution in [0, 0.1) is 0 Å². The Morgan fingerprint density at radius 2 is 1.60 bits per heavy atom. The smallest absolute Gasteiger partial charge is 0.192 e. The van der Waals surface area contributed by atoms with Crippen molar-refractivity contribution in [2.75, 3.05) is 13.2 Å². The number of hydrogen-bond acceptors (Lipinski definition) is 2. The standard InChI is InChI=1S/C17H28O2Si/c1-17(2,3)20(4,5)19-14-10-9-13-18-15-16-11-7-6-8-12-16/h6-12H,13-15H2,1-5H3/b10-9-. The molecule has 0 aliphatic heterocycles. The van der Waals surface area contributed by atoms with Crippen molar-refractivity contribution in [2.45, 2.75) is 45.5 Å². The molecule has 112 valence electrons. The van der Waals surface area contributed by atoms with E-state index in [1.54, 1.807) is 0 Å². The van der Waals surface area contributed by atoms with E-state index in [0.29, 0.717) is 19.8 Å². The molecule has 0 saturated carbocycles. The van der Waals surface area contributed by atoms with Gasteiger partial charge in [0.1, 0.15) is 0 Å². The predicted octanol–water partition coefficient (Wildman–Crippen LogP) is 4.78. The molecule has 1 aromatic rings. The first-order chi connectivity index (χ1) is 9.33. The monoisotopic (exact) mass is 292 g/mol. The van der Waals surface area contributed by atoms with Crippen LogP contribution in [0.3, 0.4) is 0 Å². The Morgan fingerprint density at radius 1 is 1.00 bits per heavy atom. The van der Waals surface area contributed by atoms with Crippen molar-refractivity contribution < 1.29 is 9.16 Å². The van der Waals surface area contributed by atoms with Crippen molar-refractivity contribution in [3.05, 3.63) is 48.0 Å².